The molecular formula is C15H15Cl2N3. The third-order valence-electron chi connectivity index (χ3n) is 3.49. The molecule has 2 aromatic rings. The number of hydrogen-bond acceptors (Lipinski definition) is 3. The molecule has 0 aliphatic carbocycles. The van der Waals surface area contributed by atoms with Crippen LogP contribution in [0.1, 0.15) is 6.42 Å². The quantitative estimate of drug-likeness (QED) is 0.926. The van der Waals surface area contributed by atoms with E-state index in [1.54, 1.807) is 6.20 Å². The van der Waals surface area contributed by atoms with E-state index >= 15 is 0 Å². The summed E-state index contributed by atoms with van der Waals surface area (Å²) in [6, 6.07) is 10.1. The monoisotopic (exact) mass is 307 g/mol. The number of rotatable bonds is 3. The summed E-state index contributed by atoms with van der Waals surface area (Å²) in [5.74, 6) is 0. The highest BCUT2D eigenvalue weighted by Gasteiger charge is 2.22. The van der Waals surface area contributed by atoms with Gasteiger partial charge < -0.3 is 10.2 Å². The van der Waals surface area contributed by atoms with Crippen LogP contribution >= 0.6 is 23.2 Å². The fraction of sp³-hybridized carbons (Fsp3) is 0.267. The normalized spacial score (nSPS) is 18.3. The summed E-state index contributed by atoms with van der Waals surface area (Å²) in [6.07, 6.45) is 4.79. The Morgan fingerprint density at radius 3 is 2.85 bits per heavy atom. The number of aromatic nitrogens is 1. The average molecular weight is 308 g/mol. The predicted molar refractivity (Wildman–Crippen MR) is 84.9 cm³/mol. The molecule has 1 fully saturated rings. The highest BCUT2D eigenvalue weighted by atomic mass is 35.5. The highest BCUT2D eigenvalue weighted by Crippen LogP contribution is 2.27. The molecule has 1 N–H and O–H groups in total. The van der Waals surface area contributed by atoms with Crippen molar-refractivity contribution in [1.29, 1.82) is 0 Å². The Labute approximate surface area is 128 Å². The molecule has 0 spiro atoms. The lowest BCUT2D eigenvalue weighted by Crippen LogP contribution is -2.25. The van der Waals surface area contributed by atoms with Crippen molar-refractivity contribution in [3.63, 3.8) is 0 Å². The minimum atomic E-state index is 0.410. The van der Waals surface area contributed by atoms with Crippen molar-refractivity contribution in [3.05, 3.63) is 52.8 Å². The van der Waals surface area contributed by atoms with Gasteiger partial charge in [-0.3, -0.25) is 4.98 Å². The van der Waals surface area contributed by atoms with E-state index in [1.165, 1.54) is 5.69 Å². The molecule has 1 saturated heterocycles. The van der Waals surface area contributed by atoms with E-state index in [0.29, 0.717) is 16.1 Å². The molecule has 5 heteroatoms. The molecule has 104 valence electrons. The van der Waals surface area contributed by atoms with Crippen molar-refractivity contribution in [2.75, 3.05) is 23.3 Å². The second kappa shape index (κ2) is 5.90. The predicted octanol–water partition coefficient (Wildman–Crippen LogP) is 4.08. The maximum atomic E-state index is 6.03. The third-order valence-corrected chi connectivity index (χ3v) is 4.23. The molecule has 1 aromatic carbocycles. The van der Waals surface area contributed by atoms with Crippen LogP contribution in [0.3, 0.4) is 0 Å². The van der Waals surface area contributed by atoms with E-state index in [2.05, 4.69) is 21.3 Å². The zero-order chi connectivity index (χ0) is 13.9. The molecule has 2 heterocycles. The lowest BCUT2D eigenvalue weighted by atomic mass is 10.2. The van der Waals surface area contributed by atoms with E-state index in [-0.39, 0.29) is 0 Å². The molecule has 20 heavy (non-hydrogen) atoms. The third kappa shape index (κ3) is 3.00. The second-order valence-corrected chi connectivity index (χ2v) is 5.73. The van der Waals surface area contributed by atoms with Crippen LogP contribution in [-0.4, -0.2) is 24.1 Å². The number of nitrogens with one attached hydrogen (secondary N) is 1. The summed E-state index contributed by atoms with van der Waals surface area (Å²) in [5, 5.41) is 4.67. The van der Waals surface area contributed by atoms with Crippen LogP contribution in [0.5, 0.6) is 0 Å². The van der Waals surface area contributed by atoms with E-state index in [0.717, 1.165) is 25.2 Å². The van der Waals surface area contributed by atoms with Gasteiger partial charge in [-0.2, -0.15) is 0 Å². The van der Waals surface area contributed by atoms with Gasteiger partial charge in [-0.25, -0.2) is 0 Å². The van der Waals surface area contributed by atoms with Crippen LogP contribution < -0.4 is 10.2 Å². The van der Waals surface area contributed by atoms with E-state index < -0.39 is 0 Å². The molecule has 1 unspecified atom stereocenters. The van der Waals surface area contributed by atoms with Crippen molar-refractivity contribution >= 4 is 34.6 Å². The molecule has 3 nitrogen and oxygen atoms in total. The van der Waals surface area contributed by atoms with Crippen LogP contribution in [0.25, 0.3) is 0 Å². The van der Waals surface area contributed by atoms with Crippen LogP contribution in [0, 0.1) is 0 Å². The Hall–Kier alpha value is -1.45. The maximum Gasteiger partial charge on any atom is 0.0612 e. The molecule has 0 saturated carbocycles. The van der Waals surface area contributed by atoms with Crippen molar-refractivity contribution in [2.24, 2.45) is 0 Å². The smallest absolute Gasteiger partial charge is 0.0612 e. The first-order valence-electron chi connectivity index (χ1n) is 6.59. The molecule has 0 bridgehead atoms. The molecule has 1 aliphatic heterocycles. The highest BCUT2D eigenvalue weighted by molar-refractivity contribution is 6.42. The van der Waals surface area contributed by atoms with Crippen molar-refractivity contribution in [3.8, 4) is 0 Å². The van der Waals surface area contributed by atoms with E-state index in [4.69, 9.17) is 23.2 Å². The minimum Gasteiger partial charge on any atom is -0.380 e. The lowest BCUT2D eigenvalue weighted by Gasteiger charge is -2.19. The fourth-order valence-electron chi connectivity index (χ4n) is 2.48. The molecule has 1 aliphatic rings. The van der Waals surface area contributed by atoms with Gasteiger partial charge in [-0.15, -0.1) is 0 Å². The first-order valence-corrected chi connectivity index (χ1v) is 7.34. The molecule has 1 aromatic heterocycles. The van der Waals surface area contributed by atoms with Gasteiger partial charge in [0.2, 0.25) is 0 Å². The van der Waals surface area contributed by atoms with Gasteiger partial charge in [0.15, 0.2) is 0 Å². The maximum absolute atomic E-state index is 6.03. The van der Waals surface area contributed by atoms with Gasteiger partial charge in [-0.05, 0) is 36.8 Å². The first kappa shape index (κ1) is 13.5. The SMILES string of the molecule is Clc1ccc(NC2CCN(c3cccnc3)C2)cc1Cl. The van der Waals surface area contributed by atoms with Gasteiger partial charge in [0.1, 0.15) is 0 Å². The summed E-state index contributed by atoms with van der Waals surface area (Å²) >= 11 is 12.0. The van der Waals surface area contributed by atoms with Gasteiger partial charge in [0.05, 0.1) is 21.9 Å². The van der Waals surface area contributed by atoms with E-state index in [9.17, 15) is 0 Å². The molecule has 1 atom stereocenters. The summed E-state index contributed by atoms with van der Waals surface area (Å²) in [7, 11) is 0. The summed E-state index contributed by atoms with van der Waals surface area (Å²) in [4.78, 5) is 6.50. The second-order valence-electron chi connectivity index (χ2n) is 4.92. The number of nitrogens with zero attached hydrogens (tertiary/aromatic N) is 2. The van der Waals surface area contributed by atoms with Crippen LogP contribution in [0.2, 0.25) is 10.0 Å². The Bertz CT molecular complexity index is 589. The summed E-state index contributed by atoms with van der Waals surface area (Å²) in [5.41, 5.74) is 2.18. The standard InChI is InChI=1S/C15H15Cl2N3/c16-14-4-3-11(8-15(14)17)19-12-5-7-20(10-12)13-2-1-6-18-9-13/h1-4,6,8-9,12,19H,5,7,10H2. The van der Waals surface area contributed by atoms with Crippen LogP contribution in [-0.2, 0) is 0 Å². The number of halogens is 2. The topological polar surface area (TPSA) is 28.2 Å². The number of anilines is 2. The molecular weight excluding hydrogens is 293 g/mol. The lowest BCUT2D eigenvalue weighted by molar-refractivity contribution is 0.807. The Morgan fingerprint density at radius 1 is 1.20 bits per heavy atom. The fourth-order valence-corrected chi connectivity index (χ4v) is 2.77. The van der Waals surface area contributed by atoms with Gasteiger partial charge in [0.25, 0.3) is 0 Å². The van der Waals surface area contributed by atoms with Gasteiger partial charge in [-0.1, -0.05) is 23.2 Å². The minimum absolute atomic E-state index is 0.410. The Kier molecular flexibility index (Phi) is 3.99. The number of hydrogen-bond donors (Lipinski definition) is 1. The zero-order valence-corrected chi connectivity index (χ0v) is 12.4. The Balaban J connectivity index is 1.64. The summed E-state index contributed by atoms with van der Waals surface area (Å²) < 4.78 is 0. The Morgan fingerprint density at radius 2 is 2.10 bits per heavy atom. The summed E-state index contributed by atoms with van der Waals surface area (Å²) in [6.45, 7) is 2.00. The van der Waals surface area contributed by atoms with Gasteiger partial charge in [0, 0.05) is 31.0 Å². The van der Waals surface area contributed by atoms with Crippen LogP contribution in [0.15, 0.2) is 42.7 Å². The number of benzene rings is 1. The molecule has 0 amide bonds. The van der Waals surface area contributed by atoms with Crippen LogP contribution in [0.4, 0.5) is 11.4 Å². The largest absolute Gasteiger partial charge is 0.380 e. The van der Waals surface area contributed by atoms with E-state index in [1.807, 2.05) is 30.5 Å². The number of pyridine rings is 1. The van der Waals surface area contributed by atoms with Crippen molar-refractivity contribution in [2.45, 2.75) is 12.5 Å². The van der Waals surface area contributed by atoms with Gasteiger partial charge >= 0.3 is 0 Å². The van der Waals surface area contributed by atoms with Crippen molar-refractivity contribution in [1.82, 2.24) is 4.98 Å². The average Bonchev–Trinajstić information content (AvgIpc) is 2.92. The zero-order valence-electron chi connectivity index (χ0n) is 10.9. The van der Waals surface area contributed by atoms with Crippen molar-refractivity contribution < 1.29 is 0 Å². The molecule has 0 radical (unpaired) electrons. The first-order chi connectivity index (χ1) is 9.72. The molecule has 3 rings (SSSR count).